The van der Waals surface area contributed by atoms with Crippen LogP contribution in [0.2, 0.25) is 0 Å². The molecule has 1 aliphatic carbocycles. The lowest BCUT2D eigenvalue weighted by Crippen LogP contribution is -2.43. The van der Waals surface area contributed by atoms with Gasteiger partial charge in [-0.1, -0.05) is 19.1 Å². The minimum Gasteiger partial charge on any atom is -0.497 e. The van der Waals surface area contributed by atoms with E-state index in [0.29, 0.717) is 6.42 Å². The Morgan fingerprint density at radius 1 is 1.11 bits per heavy atom. The number of benzene rings is 1. The Morgan fingerprint density at radius 3 is 2.66 bits per heavy atom. The van der Waals surface area contributed by atoms with Gasteiger partial charge in [0.2, 0.25) is 0 Å². The van der Waals surface area contributed by atoms with Crippen LogP contribution >= 0.6 is 0 Å². The fourth-order valence-corrected chi connectivity index (χ4v) is 5.83. The number of alkyl halides is 1. The van der Waals surface area contributed by atoms with Crippen LogP contribution in [-0.2, 0) is 6.42 Å². The maximum absolute atomic E-state index is 13.7. The van der Waals surface area contributed by atoms with Crippen molar-refractivity contribution in [2.24, 2.45) is 10.4 Å². The summed E-state index contributed by atoms with van der Waals surface area (Å²) < 4.78 is 20.5. The average Bonchev–Trinajstić information content (AvgIpc) is 3.67. The van der Waals surface area contributed by atoms with E-state index in [1.165, 1.54) is 28.5 Å². The number of hydrogen-bond donors (Lipinski definition) is 0. The molecule has 2 aromatic heterocycles. The highest BCUT2D eigenvalue weighted by Crippen LogP contribution is 2.43. The Balaban J connectivity index is 1.17. The first-order valence-corrected chi connectivity index (χ1v) is 13.2. The lowest BCUT2D eigenvalue weighted by molar-refractivity contribution is 0.245. The summed E-state index contributed by atoms with van der Waals surface area (Å²) in [5, 5.41) is 4.16. The van der Waals surface area contributed by atoms with Crippen LogP contribution in [0, 0.1) is 5.41 Å². The Morgan fingerprint density at radius 2 is 1.92 bits per heavy atom. The summed E-state index contributed by atoms with van der Waals surface area (Å²) in [7, 11) is 1.70. The van der Waals surface area contributed by atoms with Crippen LogP contribution in [-0.4, -0.2) is 45.7 Å². The summed E-state index contributed by atoms with van der Waals surface area (Å²) in [5.74, 6) is 1.86. The molecule has 38 heavy (non-hydrogen) atoms. The van der Waals surface area contributed by atoms with Crippen molar-refractivity contribution in [3.05, 3.63) is 71.1 Å². The zero-order valence-electron chi connectivity index (χ0n) is 22.4. The topological polar surface area (TPSA) is 68.4 Å². The fourth-order valence-electron chi connectivity index (χ4n) is 5.83. The first-order valence-electron chi connectivity index (χ1n) is 13.2. The molecule has 1 aromatic carbocycles. The minimum atomic E-state index is -1.15. The average molecular weight is 513 g/mol. The molecule has 0 amide bonds. The highest BCUT2D eigenvalue weighted by molar-refractivity contribution is 6.03. The van der Waals surface area contributed by atoms with E-state index in [2.05, 4.69) is 47.0 Å². The third kappa shape index (κ3) is 4.31. The van der Waals surface area contributed by atoms with Crippen molar-refractivity contribution in [2.45, 2.75) is 52.8 Å². The van der Waals surface area contributed by atoms with Gasteiger partial charge in [0.05, 0.1) is 19.0 Å². The van der Waals surface area contributed by atoms with Crippen molar-refractivity contribution in [3.63, 3.8) is 0 Å². The number of nitrogens with zero attached hydrogens (tertiary/aromatic N) is 6. The third-order valence-corrected chi connectivity index (χ3v) is 8.32. The Kier molecular flexibility index (Phi) is 6.13. The van der Waals surface area contributed by atoms with Crippen LogP contribution in [0.4, 0.5) is 10.2 Å². The number of allylic oxidation sites excluding steroid dienone is 3. The highest BCUT2D eigenvalue weighted by atomic mass is 19.1. The second-order valence-electron chi connectivity index (χ2n) is 10.8. The van der Waals surface area contributed by atoms with Gasteiger partial charge in [0.15, 0.2) is 6.30 Å². The molecule has 8 heteroatoms. The summed E-state index contributed by atoms with van der Waals surface area (Å²) in [6.45, 7) is 7.78. The number of halogens is 1. The van der Waals surface area contributed by atoms with Crippen LogP contribution in [0.25, 0.3) is 17.2 Å². The van der Waals surface area contributed by atoms with Crippen molar-refractivity contribution < 1.29 is 9.13 Å². The molecule has 196 valence electrons. The monoisotopic (exact) mass is 512 g/mol. The van der Waals surface area contributed by atoms with Gasteiger partial charge in [-0.25, -0.2) is 19.0 Å². The Hall–Kier alpha value is -3.81. The van der Waals surface area contributed by atoms with Crippen molar-refractivity contribution >= 4 is 28.8 Å². The van der Waals surface area contributed by atoms with Gasteiger partial charge in [-0.2, -0.15) is 5.10 Å². The molecule has 3 aliphatic rings. The zero-order valence-corrected chi connectivity index (χ0v) is 22.4. The third-order valence-electron chi connectivity index (χ3n) is 8.32. The number of ether oxygens (including phenoxy) is 1. The van der Waals surface area contributed by atoms with Gasteiger partial charge in [0.1, 0.15) is 17.9 Å². The van der Waals surface area contributed by atoms with Crippen molar-refractivity contribution in [3.8, 4) is 5.75 Å². The molecule has 1 fully saturated rings. The molecule has 0 bridgehead atoms. The van der Waals surface area contributed by atoms with E-state index in [9.17, 15) is 4.39 Å². The van der Waals surface area contributed by atoms with Crippen LogP contribution in [0.15, 0.2) is 53.7 Å². The molecular weight excluding hydrogens is 479 g/mol. The van der Waals surface area contributed by atoms with Gasteiger partial charge in [-0.05, 0) is 61.6 Å². The lowest BCUT2D eigenvalue weighted by Gasteiger charge is -2.40. The molecule has 4 heterocycles. The van der Waals surface area contributed by atoms with Crippen molar-refractivity contribution in [1.82, 2.24) is 19.7 Å². The second kappa shape index (κ2) is 9.49. The molecule has 2 aliphatic heterocycles. The molecule has 0 spiro atoms. The molecule has 3 aromatic rings. The zero-order chi connectivity index (χ0) is 26.4. The van der Waals surface area contributed by atoms with E-state index in [0.717, 1.165) is 72.0 Å². The number of anilines is 1. The molecule has 0 N–H and O–H groups in total. The number of hydrogen-bond acceptors (Lipinski definition) is 6. The summed E-state index contributed by atoms with van der Waals surface area (Å²) in [6.07, 6.45) is 9.78. The SMILES string of the molecule is COc1cccc(C2=C(C)N=C(C3(C)CCN(c4ncnc5c4C=C(c4cnn(C(C)F)c4)C5)CC3)C2)c1. The quantitative estimate of drug-likeness (QED) is 0.396. The summed E-state index contributed by atoms with van der Waals surface area (Å²) in [4.78, 5) is 16.7. The molecular formula is C30H33FN6O. The van der Waals surface area contributed by atoms with Gasteiger partial charge in [0.25, 0.3) is 0 Å². The van der Waals surface area contributed by atoms with Gasteiger partial charge in [-0.3, -0.25) is 4.99 Å². The van der Waals surface area contributed by atoms with Crippen LogP contribution in [0.5, 0.6) is 5.75 Å². The van der Waals surface area contributed by atoms with E-state index in [1.807, 2.05) is 12.1 Å². The lowest BCUT2D eigenvalue weighted by atomic mass is 9.74. The van der Waals surface area contributed by atoms with Gasteiger partial charge in [0, 0.05) is 60.1 Å². The molecule has 6 rings (SSSR count). The number of methoxy groups -OCH3 is 1. The van der Waals surface area contributed by atoms with E-state index in [1.54, 1.807) is 25.8 Å². The van der Waals surface area contributed by atoms with Crippen molar-refractivity contribution in [1.29, 1.82) is 0 Å². The predicted octanol–water partition coefficient (Wildman–Crippen LogP) is 6.15. The second-order valence-corrected chi connectivity index (χ2v) is 10.8. The summed E-state index contributed by atoms with van der Waals surface area (Å²) in [5.41, 5.74) is 9.03. The maximum atomic E-state index is 13.7. The standard InChI is InChI=1S/C30H33FN6O/c1-19-25(21-6-5-7-24(12-21)38-4)15-28(35-19)30(3)8-10-36(11-9-30)29-26-13-22(14-27(26)32-18-33-29)23-16-34-37(17-23)20(2)31/h5-7,12-13,16-18,20H,8-11,14-15H2,1-4H3. The van der Waals surface area contributed by atoms with E-state index >= 15 is 0 Å². The normalized spacial score (nSPS) is 19.3. The molecule has 1 saturated heterocycles. The smallest absolute Gasteiger partial charge is 0.188 e. The van der Waals surface area contributed by atoms with Crippen LogP contribution < -0.4 is 9.64 Å². The Bertz CT molecular complexity index is 1480. The summed E-state index contributed by atoms with van der Waals surface area (Å²) in [6, 6.07) is 8.27. The highest BCUT2D eigenvalue weighted by Gasteiger charge is 2.38. The first kappa shape index (κ1) is 24.5. The number of piperidine rings is 1. The minimum absolute atomic E-state index is 0.0488. The Labute approximate surface area is 222 Å². The van der Waals surface area contributed by atoms with E-state index in [-0.39, 0.29) is 5.41 Å². The van der Waals surface area contributed by atoms with E-state index in [4.69, 9.17) is 14.7 Å². The van der Waals surface area contributed by atoms with Gasteiger partial charge < -0.3 is 9.64 Å². The number of fused-ring (bicyclic) bond motifs is 1. The molecule has 1 atom stereocenters. The van der Waals surface area contributed by atoms with Gasteiger partial charge >= 0.3 is 0 Å². The number of aliphatic imine (C=N–C) groups is 1. The molecule has 1 unspecified atom stereocenters. The van der Waals surface area contributed by atoms with Crippen LogP contribution in [0.3, 0.4) is 0 Å². The summed E-state index contributed by atoms with van der Waals surface area (Å²) >= 11 is 0. The number of aromatic nitrogens is 4. The van der Waals surface area contributed by atoms with E-state index < -0.39 is 6.30 Å². The molecule has 0 radical (unpaired) electrons. The predicted molar refractivity (Wildman–Crippen MR) is 149 cm³/mol. The first-order chi connectivity index (χ1) is 18.3. The maximum Gasteiger partial charge on any atom is 0.188 e. The molecule has 0 saturated carbocycles. The molecule has 7 nitrogen and oxygen atoms in total. The van der Waals surface area contributed by atoms with Crippen molar-refractivity contribution in [2.75, 3.05) is 25.1 Å². The fraction of sp³-hybridized carbons (Fsp3) is 0.400. The van der Waals surface area contributed by atoms with Crippen LogP contribution in [0.1, 0.15) is 68.7 Å². The van der Waals surface area contributed by atoms with Gasteiger partial charge in [-0.15, -0.1) is 0 Å². The number of rotatable bonds is 6. The largest absolute Gasteiger partial charge is 0.497 e.